The van der Waals surface area contributed by atoms with Gasteiger partial charge in [0.05, 0.1) is 11.4 Å². The number of halogens is 1. The van der Waals surface area contributed by atoms with Gasteiger partial charge in [0.15, 0.2) is 0 Å². The summed E-state index contributed by atoms with van der Waals surface area (Å²) in [6.45, 7) is 3.42. The highest BCUT2D eigenvalue weighted by atomic mass is 35.5. The molecule has 8 heteroatoms. The second kappa shape index (κ2) is 9.61. The molecule has 1 saturated heterocycles. The first-order valence-electron chi connectivity index (χ1n) is 9.60. The van der Waals surface area contributed by atoms with Crippen molar-refractivity contribution in [3.63, 3.8) is 0 Å². The zero-order chi connectivity index (χ0) is 20.9. The minimum atomic E-state index is -3.56. The van der Waals surface area contributed by atoms with Crippen molar-refractivity contribution in [1.29, 1.82) is 0 Å². The lowest BCUT2D eigenvalue weighted by molar-refractivity contribution is -0.126. The van der Waals surface area contributed by atoms with Crippen LogP contribution in [0.25, 0.3) is 0 Å². The van der Waals surface area contributed by atoms with Crippen LogP contribution >= 0.6 is 11.6 Å². The fraction of sp³-hybridized carbons (Fsp3) is 0.381. The maximum absolute atomic E-state index is 12.7. The summed E-state index contributed by atoms with van der Waals surface area (Å²) in [5, 5.41) is 3.38. The van der Waals surface area contributed by atoms with Crippen LogP contribution in [0, 0.1) is 12.8 Å². The topological polar surface area (TPSA) is 75.7 Å². The van der Waals surface area contributed by atoms with Gasteiger partial charge >= 0.3 is 0 Å². The van der Waals surface area contributed by atoms with Crippen molar-refractivity contribution in [3.05, 3.63) is 59.1 Å². The van der Waals surface area contributed by atoms with Crippen LogP contribution in [0.3, 0.4) is 0 Å². The number of piperidine rings is 1. The number of sulfonamides is 1. The van der Waals surface area contributed by atoms with E-state index in [-0.39, 0.29) is 16.7 Å². The van der Waals surface area contributed by atoms with Crippen LogP contribution in [0.1, 0.15) is 18.4 Å². The number of carbonyl (C=O) groups is 1. The number of ether oxygens (including phenoxy) is 1. The van der Waals surface area contributed by atoms with Gasteiger partial charge in [-0.1, -0.05) is 29.8 Å². The Morgan fingerprint density at radius 2 is 1.79 bits per heavy atom. The van der Waals surface area contributed by atoms with Crippen molar-refractivity contribution in [2.75, 3.05) is 26.2 Å². The number of hydrogen-bond acceptors (Lipinski definition) is 4. The van der Waals surface area contributed by atoms with Crippen LogP contribution in [0.5, 0.6) is 5.75 Å². The summed E-state index contributed by atoms with van der Waals surface area (Å²) in [7, 11) is -3.56. The largest absolute Gasteiger partial charge is 0.491 e. The summed E-state index contributed by atoms with van der Waals surface area (Å²) in [6.07, 6.45) is 0.995. The molecule has 1 fully saturated rings. The molecule has 2 aromatic rings. The van der Waals surface area contributed by atoms with E-state index in [1.165, 1.54) is 16.4 Å². The molecule has 0 aliphatic carbocycles. The molecule has 1 amide bonds. The number of nitrogens with zero attached hydrogens (tertiary/aromatic N) is 1. The molecule has 29 heavy (non-hydrogen) atoms. The van der Waals surface area contributed by atoms with Crippen molar-refractivity contribution in [2.24, 2.45) is 5.92 Å². The Bertz CT molecular complexity index is 939. The van der Waals surface area contributed by atoms with E-state index in [9.17, 15) is 13.2 Å². The lowest BCUT2D eigenvalue weighted by Crippen LogP contribution is -2.43. The van der Waals surface area contributed by atoms with Crippen molar-refractivity contribution in [1.82, 2.24) is 9.62 Å². The van der Waals surface area contributed by atoms with E-state index in [4.69, 9.17) is 16.3 Å². The summed E-state index contributed by atoms with van der Waals surface area (Å²) in [5.74, 6) is 0.564. The summed E-state index contributed by atoms with van der Waals surface area (Å²) in [5.41, 5.74) is 1.05. The third-order valence-electron chi connectivity index (χ3n) is 5.03. The molecule has 0 bridgehead atoms. The summed E-state index contributed by atoms with van der Waals surface area (Å²) >= 11 is 5.83. The Kier molecular flexibility index (Phi) is 7.16. The van der Waals surface area contributed by atoms with E-state index in [1.54, 1.807) is 12.1 Å². The summed E-state index contributed by atoms with van der Waals surface area (Å²) in [4.78, 5) is 12.6. The van der Waals surface area contributed by atoms with E-state index in [0.717, 1.165) is 11.3 Å². The highest BCUT2D eigenvalue weighted by Gasteiger charge is 2.31. The molecule has 0 radical (unpaired) electrons. The summed E-state index contributed by atoms with van der Waals surface area (Å²) < 4.78 is 32.5. The van der Waals surface area contributed by atoms with Crippen molar-refractivity contribution in [3.8, 4) is 5.75 Å². The van der Waals surface area contributed by atoms with Gasteiger partial charge in [0.1, 0.15) is 12.4 Å². The molecule has 156 valence electrons. The zero-order valence-electron chi connectivity index (χ0n) is 16.3. The van der Waals surface area contributed by atoms with Gasteiger partial charge in [0.25, 0.3) is 0 Å². The third kappa shape index (κ3) is 5.50. The number of rotatable bonds is 7. The molecular formula is C21H25ClN2O4S. The minimum absolute atomic E-state index is 0.0538. The fourth-order valence-corrected chi connectivity index (χ4v) is 4.91. The van der Waals surface area contributed by atoms with Gasteiger partial charge in [0.2, 0.25) is 15.9 Å². The van der Waals surface area contributed by atoms with Gasteiger partial charge in [0, 0.05) is 24.0 Å². The van der Waals surface area contributed by atoms with E-state index >= 15 is 0 Å². The Morgan fingerprint density at radius 1 is 1.14 bits per heavy atom. The van der Waals surface area contributed by atoms with E-state index in [0.29, 0.717) is 44.1 Å². The maximum atomic E-state index is 12.7. The Labute approximate surface area is 176 Å². The molecule has 0 aromatic heterocycles. The second-order valence-corrected chi connectivity index (χ2v) is 9.41. The van der Waals surface area contributed by atoms with Gasteiger partial charge in [-0.2, -0.15) is 4.31 Å². The first-order valence-corrected chi connectivity index (χ1v) is 11.4. The predicted molar refractivity (Wildman–Crippen MR) is 113 cm³/mol. The van der Waals surface area contributed by atoms with E-state index < -0.39 is 10.0 Å². The lowest BCUT2D eigenvalue weighted by Gasteiger charge is -2.30. The lowest BCUT2D eigenvalue weighted by atomic mass is 9.97. The van der Waals surface area contributed by atoms with Gasteiger partial charge in [-0.25, -0.2) is 8.42 Å². The van der Waals surface area contributed by atoms with Crippen LogP contribution in [-0.4, -0.2) is 44.9 Å². The van der Waals surface area contributed by atoms with Crippen LogP contribution in [-0.2, 0) is 14.8 Å². The summed E-state index contributed by atoms with van der Waals surface area (Å²) in [6, 6.07) is 13.9. The predicted octanol–water partition coefficient (Wildman–Crippen LogP) is 3.24. The molecule has 1 aliphatic heterocycles. The number of nitrogens with one attached hydrogen (secondary N) is 1. The minimum Gasteiger partial charge on any atom is -0.491 e. The average Bonchev–Trinajstić information content (AvgIpc) is 2.72. The molecule has 1 N–H and O–H groups in total. The normalized spacial score (nSPS) is 15.8. The standard InChI is InChI=1S/C21H25ClN2O4S/c1-16-4-2-3-5-20(16)28-15-12-23-21(25)17-10-13-24(14-11-17)29(26,27)19-8-6-18(22)7-9-19/h2-9,17H,10-15H2,1H3,(H,23,25). The van der Waals surface area contributed by atoms with Gasteiger partial charge in [-0.15, -0.1) is 0 Å². The number of benzene rings is 2. The smallest absolute Gasteiger partial charge is 0.243 e. The number of aryl methyl sites for hydroxylation is 1. The maximum Gasteiger partial charge on any atom is 0.243 e. The molecule has 6 nitrogen and oxygen atoms in total. The van der Waals surface area contributed by atoms with Crippen LogP contribution < -0.4 is 10.1 Å². The number of carbonyl (C=O) groups excluding carboxylic acids is 1. The molecule has 2 aromatic carbocycles. The van der Waals surface area contributed by atoms with Crippen molar-refractivity contribution in [2.45, 2.75) is 24.7 Å². The van der Waals surface area contributed by atoms with Gasteiger partial charge in [-0.3, -0.25) is 4.79 Å². The quantitative estimate of drug-likeness (QED) is 0.676. The number of para-hydroxylation sites is 1. The average molecular weight is 437 g/mol. The molecule has 3 rings (SSSR count). The molecule has 0 saturated carbocycles. The third-order valence-corrected chi connectivity index (χ3v) is 7.19. The molecular weight excluding hydrogens is 412 g/mol. The molecule has 0 unspecified atom stereocenters. The molecule has 0 spiro atoms. The SMILES string of the molecule is Cc1ccccc1OCCNC(=O)C1CCN(S(=O)(=O)c2ccc(Cl)cc2)CC1. The fourth-order valence-electron chi connectivity index (χ4n) is 3.31. The molecule has 1 aliphatic rings. The molecule has 0 atom stereocenters. The number of amides is 1. The van der Waals surface area contributed by atoms with E-state index in [1.807, 2.05) is 31.2 Å². The Morgan fingerprint density at radius 3 is 2.45 bits per heavy atom. The van der Waals surface area contributed by atoms with E-state index in [2.05, 4.69) is 5.32 Å². The Hall–Kier alpha value is -2.09. The second-order valence-electron chi connectivity index (χ2n) is 7.04. The van der Waals surface area contributed by atoms with Crippen LogP contribution in [0.15, 0.2) is 53.4 Å². The number of hydrogen-bond donors (Lipinski definition) is 1. The van der Waals surface area contributed by atoms with Crippen LogP contribution in [0.4, 0.5) is 0 Å². The van der Waals surface area contributed by atoms with Gasteiger partial charge < -0.3 is 10.1 Å². The van der Waals surface area contributed by atoms with Crippen LogP contribution in [0.2, 0.25) is 5.02 Å². The highest BCUT2D eigenvalue weighted by molar-refractivity contribution is 7.89. The first-order chi connectivity index (χ1) is 13.9. The van der Waals surface area contributed by atoms with Crippen molar-refractivity contribution >= 4 is 27.5 Å². The highest BCUT2D eigenvalue weighted by Crippen LogP contribution is 2.25. The Balaban J connectivity index is 1.44. The van der Waals surface area contributed by atoms with Crippen molar-refractivity contribution < 1.29 is 17.9 Å². The van der Waals surface area contributed by atoms with Gasteiger partial charge in [-0.05, 0) is 55.7 Å². The zero-order valence-corrected chi connectivity index (χ0v) is 17.9. The monoisotopic (exact) mass is 436 g/mol. The first kappa shape index (κ1) is 21.6. The molecule has 1 heterocycles.